The molecule has 0 aromatic carbocycles. The molecule has 2 N–H and O–H groups in total. The van der Waals surface area contributed by atoms with Crippen LogP contribution in [0, 0.1) is 5.41 Å². The van der Waals surface area contributed by atoms with Crippen LogP contribution in [0.15, 0.2) is 11.8 Å². The van der Waals surface area contributed by atoms with Gasteiger partial charge in [-0.25, -0.2) is 4.79 Å². The average Bonchev–Trinajstić information content (AvgIpc) is 2.74. The van der Waals surface area contributed by atoms with E-state index >= 15 is 0 Å². The first-order valence-electron chi connectivity index (χ1n) is 6.22. The molecule has 0 aliphatic carbocycles. The van der Waals surface area contributed by atoms with Crippen molar-refractivity contribution in [3.8, 4) is 0 Å². The summed E-state index contributed by atoms with van der Waals surface area (Å²) >= 11 is 0. The van der Waals surface area contributed by atoms with Crippen molar-refractivity contribution < 1.29 is 19.1 Å². The van der Waals surface area contributed by atoms with E-state index in [1.165, 1.54) is 18.1 Å². The smallest absolute Gasteiger partial charge is 0.340 e. The van der Waals surface area contributed by atoms with Gasteiger partial charge in [-0.15, -0.1) is 0 Å². The van der Waals surface area contributed by atoms with E-state index < -0.39 is 23.8 Å². The van der Waals surface area contributed by atoms with Gasteiger partial charge in [-0.05, 0) is 6.92 Å². The van der Waals surface area contributed by atoms with E-state index in [9.17, 15) is 9.59 Å². The van der Waals surface area contributed by atoms with Crippen LogP contribution >= 0.6 is 0 Å². The molecule has 2 aliphatic rings. The Hall–Kier alpha value is -1.56. The van der Waals surface area contributed by atoms with Gasteiger partial charge in [0.05, 0.1) is 18.9 Å². The monoisotopic (exact) mass is 268 g/mol. The first kappa shape index (κ1) is 13.9. The maximum Gasteiger partial charge on any atom is 0.340 e. The molecule has 106 valence electrons. The number of esters is 1. The summed E-state index contributed by atoms with van der Waals surface area (Å²) in [6, 6.07) is 0. The molecule has 6 nitrogen and oxygen atoms in total. The van der Waals surface area contributed by atoms with Crippen LogP contribution in [0.25, 0.3) is 0 Å². The highest BCUT2D eigenvalue weighted by Crippen LogP contribution is 2.46. The van der Waals surface area contributed by atoms with Crippen molar-refractivity contribution in [1.29, 1.82) is 0 Å². The Bertz CT molecular complexity index is 466. The fraction of sp³-hybridized carbons (Fsp3) is 0.692. The van der Waals surface area contributed by atoms with E-state index in [0.717, 1.165) is 0 Å². The van der Waals surface area contributed by atoms with Gasteiger partial charge < -0.3 is 15.2 Å². The molecule has 0 aromatic rings. The topological polar surface area (TPSA) is 81.9 Å². The molecule has 1 amide bonds. The van der Waals surface area contributed by atoms with Gasteiger partial charge in [0.15, 0.2) is 0 Å². The van der Waals surface area contributed by atoms with E-state index in [1.807, 2.05) is 20.8 Å². The minimum Gasteiger partial charge on any atom is -0.467 e. The third kappa shape index (κ3) is 1.59. The Morgan fingerprint density at radius 3 is 2.58 bits per heavy atom. The lowest BCUT2D eigenvalue weighted by molar-refractivity contribution is -0.157. The molecule has 0 radical (unpaired) electrons. The number of carbonyl (C=O) groups is 2. The molecule has 2 rings (SSSR count). The number of nitrogens with two attached hydrogens (primary N) is 1. The molecule has 0 aromatic heterocycles. The molecule has 1 saturated heterocycles. The normalized spacial score (nSPS) is 34.3. The van der Waals surface area contributed by atoms with Gasteiger partial charge in [0.1, 0.15) is 6.23 Å². The summed E-state index contributed by atoms with van der Waals surface area (Å²) in [6.07, 6.45) is 0.215. The second-order valence-electron chi connectivity index (χ2n) is 6.06. The zero-order chi connectivity index (χ0) is 14.6. The van der Waals surface area contributed by atoms with Crippen molar-refractivity contribution in [2.45, 2.75) is 45.6 Å². The number of fused-ring (bicyclic) bond motifs is 1. The summed E-state index contributed by atoms with van der Waals surface area (Å²) in [4.78, 5) is 25.8. The van der Waals surface area contributed by atoms with Gasteiger partial charge in [0.25, 0.3) is 5.91 Å². The number of hydrogen-bond donors (Lipinski definition) is 1. The van der Waals surface area contributed by atoms with E-state index in [-0.39, 0.29) is 17.0 Å². The van der Waals surface area contributed by atoms with Gasteiger partial charge in [-0.2, -0.15) is 0 Å². The molecule has 0 unspecified atom stereocenters. The van der Waals surface area contributed by atoms with Crippen LogP contribution in [-0.4, -0.2) is 41.8 Å². The lowest BCUT2D eigenvalue weighted by Crippen LogP contribution is -2.60. The zero-order valence-corrected chi connectivity index (χ0v) is 11.9. The van der Waals surface area contributed by atoms with Gasteiger partial charge in [0, 0.05) is 11.5 Å². The largest absolute Gasteiger partial charge is 0.467 e. The van der Waals surface area contributed by atoms with E-state index in [0.29, 0.717) is 0 Å². The first-order chi connectivity index (χ1) is 8.67. The Morgan fingerprint density at radius 2 is 2.11 bits per heavy atom. The second kappa shape index (κ2) is 3.96. The van der Waals surface area contributed by atoms with Crippen LogP contribution in [0.1, 0.15) is 27.7 Å². The average molecular weight is 268 g/mol. The van der Waals surface area contributed by atoms with Crippen LogP contribution in [-0.2, 0) is 19.1 Å². The van der Waals surface area contributed by atoms with E-state index in [2.05, 4.69) is 0 Å². The minimum absolute atomic E-state index is 0.184. The summed E-state index contributed by atoms with van der Waals surface area (Å²) in [6.45, 7) is 7.56. The van der Waals surface area contributed by atoms with Crippen LogP contribution in [0.2, 0.25) is 0 Å². The number of amides is 1. The predicted molar refractivity (Wildman–Crippen MR) is 67.7 cm³/mol. The Balaban J connectivity index is 2.57. The third-order valence-electron chi connectivity index (χ3n) is 3.73. The first-order valence-corrected chi connectivity index (χ1v) is 6.22. The van der Waals surface area contributed by atoms with Crippen molar-refractivity contribution in [1.82, 2.24) is 4.90 Å². The molecule has 2 heterocycles. The van der Waals surface area contributed by atoms with Gasteiger partial charge in [-0.3, -0.25) is 9.69 Å². The summed E-state index contributed by atoms with van der Waals surface area (Å²) in [7, 11) is 1.28. The highest BCUT2D eigenvalue weighted by Gasteiger charge is 2.66. The molecular formula is C13H20N2O4. The van der Waals surface area contributed by atoms with Crippen molar-refractivity contribution in [3.63, 3.8) is 0 Å². The number of rotatable bonds is 1. The molecule has 2 aliphatic heterocycles. The molecule has 19 heavy (non-hydrogen) atoms. The van der Waals surface area contributed by atoms with Gasteiger partial charge in [0.2, 0.25) is 5.54 Å². The van der Waals surface area contributed by atoms with Crippen LogP contribution in [0.4, 0.5) is 0 Å². The van der Waals surface area contributed by atoms with Crippen LogP contribution in [0.3, 0.4) is 0 Å². The Kier molecular flexibility index (Phi) is 2.89. The highest BCUT2D eigenvalue weighted by molar-refractivity contribution is 6.02. The number of carbonyl (C=O) groups excluding carboxylic acids is 2. The van der Waals surface area contributed by atoms with Crippen molar-refractivity contribution in [2.75, 3.05) is 7.11 Å². The molecular weight excluding hydrogens is 248 g/mol. The van der Waals surface area contributed by atoms with Gasteiger partial charge in [-0.1, -0.05) is 20.8 Å². The number of methoxy groups -OCH3 is 1. The summed E-state index contributed by atoms with van der Waals surface area (Å²) < 4.78 is 10.7. The lowest BCUT2D eigenvalue weighted by Gasteiger charge is -2.37. The van der Waals surface area contributed by atoms with Crippen LogP contribution < -0.4 is 5.73 Å². The van der Waals surface area contributed by atoms with Crippen molar-refractivity contribution in [3.05, 3.63) is 11.8 Å². The molecule has 0 saturated carbocycles. The van der Waals surface area contributed by atoms with E-state index in [1.54, 1.807) is 6.92 Å². The van der Waals surface area contributed by atoms with Crippen LogP contribution in [0.5, 0.6) is 0 Å². The Morgan fingerprint density at radius 1 is 1.53 bits per heavy atom. The van der Waals surface area contributed by atoms with Crippen molar-refractivity contribution in [2.24, 2.45) is 11.1 Å². The zero-order valence-electron chi connectivity index (χ0n) is 11.9. The maximum atomic E-state index is 12.2. The van der Waals surface area contributed by atoms with Gasteiger partial charge >= 0.3 is 5.97 Å². The standard InChI is InChI=1S/C13H20N2O4/c1-7-13(11(17)18-5)8(14)6-9(16)15(13)10(19-7)12(2,3)4/h6-7,10H,14H2,1-5H3/t7-,10-,13-/m1/s1. The van der Waals surface area contributed by atoms with E-state index in [4.69, 9.17) is 15.2 Å². The van der Waals surface area contributed by atoms with Crippen molar-refractivity contribution >= 4 is 11.9 Å². The molecule has 0 spiro atoms. The highest BCUT2D eigenvalue weighted by atomic mass is 16.6. The molecule has 3 atom stereocenters. The predicted octanol–water partition coefficient (Wildman–Crippen LogP) is 0.374. The SMILES string of the molecule is COC(=O)[C@@]12C(N)=CC(=O)N1[C@@H](C(C)(C)C)O[C@@H]2C. The fourth-order valence-electron chi connectivity index (χ4n) is 2.84. The number of hydrogen-bond acceptors (Lipinski definition) is 5. The molecule has 0 bridgehead atoms. The minimum atomic E-state index is -1.33. The number of nitrogens with zero attached hydrogens (tertiary/aromatic N) is 1. The lowest BCUT2D eigenvalue weighted by atomic mass is 9.88. The Labute approximate surface area is 112 Å². The third-order valence-corrected chi connectivity index (χ3v) is 3.73. The summed E-state index contributed by atoms with van der Waals surface area (Å²) in [5, 5.41) is 0. The molecule has 6 heteroatoms. The maximum absolute atomic E-state index is 12.2. The summed E-state index contributed by atoms with van der Waals surface area (Å²) in [5.74, 6) is -0.876. The second-order valence-corrected chi connectivity index (χ2v) is 6.06. The summed E-state index contributed by atoms with van der Waals surface area (Å²) in [5.41, 5.74) is 4.45. The fourth-order valence-corrected chi connectivity index (χ4v) is 2.84. The number of ether oxygens (including phenoxy) is 2. The molecule has 1 fully saturated rings. The quantitative estimate of drug-likeness (QED) is 0.695.